The molecule has 0 saturated carbocycles. The smallest absolute Gasteiger partial charge is 0.332 e. The molecule has 112 valence electrons. The van der Waals surface area contributed by atoms with E-state index in [0.717, 1.165) is 22.6 Å². The van der Waals surface area contributed by atoms with Crippen molar-refractivity contribution in [3.63, 3.8) is 0 Å². The molecule has 2 aromatic carbocycles. The fourth-order valence-corrected chi connectivity index (χ4v) is 2.27. The predicted octanol–water partition coefficient (Wildman–Crippen LogP) is 2.96. The number of imide groups is 1. The number of amides is 3. The van der Waals surface area contributed by atoms with Gasteiger partial charge in [0.15, 0.2) is 0 Å². The van der Waals surface area contributed by atoms with Crippen molar-refractivity contribution in [2.24, 2.45) is 0 Å². The van der Waals surface area contributed by atoms with E-state index in [2.05, 4.69) is 5.32 Å². The van der Waals surface area contributed by atoms with Gasteiger partial charge in [-0.15, -0.1) is 0 Å². The van der Waals surface area contributed by atoms with Gasteiger partial charge in [0.2, 0.25) is 6.41 Å². The quantitative estimate of drug-likeness (QED) is 0.887. The topological polar surface area (TPSA) is 58.6 Å². The molecule has 2 aromatic rings. The Morgan fingerprint density at radius 1 is 1.23 bits per heavy atom. The number of hydrogen-bond acceptors (Lipinski definition) is 3. The summed E-state index contributed by atoms with van der Waals surface area (Å²) < 4.78 is 18.2. The molecule has 0 aromatic heterocycles. The van der Waals surface area contributed by atoms with Gasteiger partial charge in [-0.25, -0.2) is 14.1 Å². The minimum Gasteiger partial charge on any atom is -0.493 e. The van der Waals surface area contributed by atoms with Crippen LogP contribution in [0, 0.1) is 5.82 Å². The minimum absolute atomic E-state index is 0.399. The molecule has 1 aliphatic rings. The molecule has 0 spiro atoms. The molecule has 0 saturated heterocycles. The second kappa shape index (κ2) is 5.85. The van der Waals surface area contributed by atoms with Crippen molar-refractivity contribution in [3.05, 3.63) is 53.8 Å². The predicted molar refractivity (Wildman–Crippen MR) is 79.6 cm³/mol. The largest absolute Gasteiger partial charge is 0.493 e. The Morgan fingerprint density at radius 2 is 2.00 bits per heavy atom. The molecular formula is C16H13FN2O3. The van der Waals surface area contributed by atoms with Crippen LogP contribution in [0.5, 0.6) is 5.75 Å². The number of anilines is 2. The zero-order valence-electron chi connectivity index (χ0n) is 11.6. The first-order valence-corrected chi connectivity index (χ1v) is 6.74. The molecule has 3 rings (SSSR count). The Hall–Kier alpha value is -2.89. The average molecular weight is 300 g/mol. The number of carbonyl (C=O) groups is 2. The number of urea groups is 1. The van der Waals surface area contributed by atoms with E-state index in [1.54, 1.807) is 18.2 Å². The van der Waals surface area contributed by atoms with Gasteiger partial charge in [0, 0.05) is 12.1 Å². The Bertz CT molecular complexity index is 716. The van der Waals surface area contributed by atoms with Gasteiger partial charge in [0.25, 0.3) is 0 Å². The van der Waals surface area contributed by atoms with E-state index < -0.39 is 11.8 Å². The fraction of sp³-hybridized carbons (Fsp3) is 0.125. The monoisotopic (exact) mass is 300 g/mol. The van der Waals surface area contributed by atoms with Crippen molar-refractivity contribution in [3.8, 4) is 5.75 Å². The maximum absolute atomic E-state index is 12.8. The Kier molecular flexibility index (Phi) is 3.74. The van der Waals surface area contributed by atoms with Gasteiger partial charge in [-0.3, -0.25) is 4.79 Å². The highest BCUT2D eigenvalue weighted by atomic mass is 19.1. The van der Waals surface area contributed by atoms with Gasteiger partial charge in [0.05, 0.1) is 12.3 Å². The molecule has 5 nitrogen and oxygen atoms in total. The van der Waals surface area contributed by atoms with Gasteiger partial charge in [-0.2, -0.15) is 0 Å². The summed E-state index contributed by atoms with van der Waals surface area (Å²) in [6, 6.07) is 9.82. The normalized spacial score (nSPS) is 12.2. The van der Waals surface area contributed by atoms with E-state index in [0.29, 0.717) is 24.4 Å². The molecule has 0 unspecified atom stereocenters. The van der Waals surface area contributed by atoms with Crippen LogP contribution in [0.2, 0.25) is 0 Å². The van der Waals surface area contributed by atoms with Crippen molar-refractivity contribution in [2.45, 2.75) is 6.42 Å². The molecule has 6 heteroatoms. The number of carbonyl (C=O) groups excluding carboxylic acids is 2. The van der Waals surface area contributed by atoms with E-state index in [9.17, 15) is 14.0 Å². The maximum atomic E-state index is 12.8. The molecule has 0 aliphatic carbocycles. The number of halogens is 1. The van der Waals surface area contributed by atoms with Crippen LogP contribution in [0.15, 0.2) is 42.5 Å². The SMILES string of the molecule is O=CN(C(=O)Nc1ccc(F)cc1)c1ccc2c(c1)CCO2. The van der Waals surface area contributed by atoms with Crippen LogP contribution in [-0.2, 0) is 11.2 Å². The van der Waals surface area contributed by atoms with Gasteiger partial charge in [-0.05, 0) is 48.0 Å². The molecule has 0 atom stereocenters. The summed E-state index contributed by atoms with van der Waals surface area (Å²) in [6.07, 6.45) is 1.19. The molecule has 0 fully saturated rings. The summed E-state index contributed by atoms with van der Waals surface area (Å²) in [5.41, 5.74) is 1.82. The Morgan fingerprint density at radius 3 is 2.73 bits per heavy atom. The van der Waals surface area contributed by atoms with Crippen LogP contribution in [0.1, 0.15) is 5.56 Å². The van der Waals surface area contributed by atoms with Crippen molar-refractivity contribution in [1.29, 1.82) is 0 Å². The minimum atomic E-state index is -0.611. The van der Waals surface area contributed by atoms with Gasteiger partial charge < -0.3 is 10.1 Å². The second-order valence-corrected chi connectivity index (χ2v) is 4.80. The first kappa shape index (κ1) is 14.1. The number of ether oxygens (including phenoxy) is 1. The molecule has 0 radical (unpaired) electrons. The lowest BCUT2D eigenvalue weighted by Crippen LogP contribution is -2.33. The van der Waals surface area contributed by atoms with Gasteiger partial charge in [0.1, 0.15) is 11.6 Å². The van der Waals surface area contributed by atoms with Crippen LogP contribution in [0.25, 0.3) is 0 Å². The van der Waals surface area contributed by atoms with E-state index in [1.165, 1.54) is 24.3 Å². The summed E-state index contributed by atoms with van der Waals surface area (Å²) >= 11 is 0. The standard InChI is InChI=1S/C16H13FN2O3/c17-12-1-3-13(4-2-12)18-16(21)19(10-20)14-5-6-15-11(9-14)7-8-22-15/h1-6,9-10H,7-8H2,(H,18,21). The average Bonchev–Trinajstić information content (AvgIpc) is 2.98. The van der Waals surface area contributed by atoms with E-state index in [1.807, 2.05) is 0 Å². The number of fused-ring (bicyclic) bond motifs is 1. The summed E-state index contributed by atoms with van der Waals surface area (Å²) in [4.78, 5) is 24.4. The summed E-state index contributed by atoms with van der Waals surface area (Å²) in [6.45, 7) is 0.599. The Labute approximate surface area is 126 Å². The highest BCUT2D eigenvalue weighted by Gasteiger charge is 2.19. The number of nitrogens with zero attached hydrogens (tertiary/aromatic N) is 1. The van der Waals surface area contributed by atoms with E-state index in [4.69, 9.17) is 4.74 Å². The third-order valence-electron chi connectivity index (χ3n) is 3.37. The number of rotatable bonds is 3. The van der Waals surface area contributed by atoms with E-state index in [-0.39, 0.29) is 0 Å². The summed E-state index contributed by atoms with van der Waals surface area (Å²) in [5.74, 6) is 0.373. The maximum Gasteiger partial charge on any atom is 0.332 e. The zero-order chi connectivity index (χ0) is 15.5. The Balaban J connectivity index is 1.79. The first-order valence-electron chi connectivity index (χ1n) is 6.74. The van der Waals surface area contributed by atoms with Crippen LogP contribution < -0.4 is 15.0 Å². The first-order chi connectivity index (χ1) is 10.7. The second-order valence-electron chi connectivity index (χ2n) is 4.80. The van der Waals surface area contributed by atoms with Crippen LogP contribution >= 0.6 is 0 Å². The molecule has 1 N–H and O–H groups in total. The van der Waals surface area contributed by atoms with Crippen molar-refractivity contribution in [2.75, 3.05) is 16.8 Å². The lowest BCUT2D eigenvalue weighted by Gasteiger charge is -2.17. The van der Waals surface area contributed by atoms with Crippen molar-refractivity contribution < 1.29 is 18.7 Å². The molecule has 1 aliphatic heterocycles. The number of benzene rings is 2. The fourth-order valence-electron chi connectivity index (χ4n) is 2.27. The van der Waals surface area contributed by atoms with Crippen LogP contribution in [-0.4, -0.2) is 19.0 Å². The van der Waals surface area contributed by atoms with E-state index >= 15 is 0 Å². The number of hydrogen-bond donors (Lipinski definition) is 1. The van der Waals surface area contributed by atoms with Crippen LogP contribution in [0.3, 0.4) is 0 Å². The molecule has 1 heterocycles. The zero-order valence-corrected chi connectivity index (χ0v) is 11.6. The third kappa shape index (κ3) is 2.76. The molecule has 0 bridgehead atoms. The van der Waals surface area contributed by atoms with Crippen molar-refractivity contribution >= 4 is 23.8 Å². The summed E-state index contributed by atoms with van der Waals surface area (Å²) in [7, 11) is 0. The molecule has 3 amide bonds. The summed E-state index contributed by atoms with van der Waals surface area (Å²) in [5, 5.41) is 2.54. The van der Waals surface area contributed by atoms with Gasteiger partial charge >= 0.3 is 6.03 Å². The molecule has 22 heavy (non-hydrogen) atoms. The third-order valence-corrected chi connectivity index (χ3v) is 3.37. The van der Waals surface area contributed by atoms with Gasteiger partial charge in [-0.1, -0.05) is 0 Å². The lowest BCUT2D eigenvalue weighted by molar-refractivity contribution is -0.106. The highest BCUT2D eigenvalue weighted by molar-refractivity contribution is 6.12. The van der Waals surface area contributed by atoms with Crippen molar-refractivity contribution in [1.82, 2.24) is 0 Å². The number of nitrogens with one attached hydrogen (secondary N) is 1. The van der Waals surface area contributed by atoms with Crippen LogP contribution in [0.4, 0.5) is 20.6 Å². The lowest BCUT2D eigenvalue weighted by atomic mass is 10.1. The molecular weight excluding hydrogens is 287 g/mol. The highest BCUT2D eigenvalue weighted by Crippen LogP contribution is 2.29.